The molecule has 0 saturated heterocycles. The van der Waals surface area contributed by atoms with E-state index in [9.17, 15) is 19.2 Å². The van der Waals surface area contributed by atoms with Gasteiger partial charge in [0.15, 0.2) is 0 Å². The maximum absolute atomic E-state index is 10.9. The molecule has 0 heterocycles. The van der Waals surface area contributed by atoms with Crippen molar-refractivity contribution in [1.82, 2.24) is 0 Å². The Hall–Kier alpha value is -1.72. The molecule has 0 rings (SSSR count). The molecule has 0 amide bonds. The highest BCUT2D eigenvalue weighted by Gasteiger charge is 2.12. The Labute approximate surface area is 164 Å². The van der Waals surface area contributed by atoms with Crippen LogP contribution in [0.5, 0.6) is 0 Å². The summed E-state index contributed by atoms with van der Waals surface area (Å²) in [5.74, 6) is -3.07. The Kier molecular flexibility index (Phi) is 21.0. The SMILES string of the molecule is CCCCCCC(=O)C(=O)OC.CCCCCCCCCCC(=O)C(=O)O. The lowest BCUT2D eigenvalue weighted by Gasteiger charge is -2.00. The van der Waals surface area contributed by atoms with Gasteiger partial charge in [-0.05, 0) is 12.8 Å². The number of hydrogen-bond acceptors (Lipinski definition) is 5. The van der Waals surface area contributed by atoms with Crippen LogP contribution in [-0.4, -0.2) is 35.7 Å². The number of carboxylic acids is 1. The summed E-state index contributed by atoms with van der Waals surface area (Å²) in [6, 6.07) is 0. The summed E-state index contributed by atoms with van der Waals surface area (Å²) in [4.78, 5) is 42.4. The molecule has 0 spiro atoms. The zero-order chi connectivity index (χ0) is 20.9. The van der Waals surface area contributed by atoms with E-state index in [1.165, 1.54) is 39.2 Å². The van der Waals surface area contributed by atoms with Crippen molar-refractivity contribution in [2.45, 2.75) is 104 Å². The molecular weight excluding hydrogens is 348 g/mol. The lowest BCUT2D eigenvalue weighted by molar-refractivity contribution is -0.151. The van der Waals surface area contributed by atoms with E-state index < -0.39 is 23.5 Å². The summed E-state index contributed by atoms with van der Waals surface area (Å²) in [7, 11) is 1.23. The van der Waals surface area contributed by atoms with Crippen LogP contribution in [0.3, 0.4) is 0 Å². The molecule has 0 fully saturated rings. The van der Waals surface area contributed by atoms with Crippen LogP contribution in [0.2, 0.25) is 0 Å². The second kappa shape index (κ2) is 20.6. The minimum absolute atomic E-state index is 0.199. The minimum atomic E-state index is -1.29. The van der Waals surface area contributed by atoms with Gasteiger partial charge >= 0.3 is 11.9 Å². The number of Topliss-reactive ketones (excluding diaryl/α,β-unsaturated/α-hetero) is 2. The number of unbranched alkanes of at least 4 members (excludes halogenated alkanes) is 10. The Bertz CT molecular complexity index is 417. The average molecular weight is 387 g/mol. The molecule has 0 aromatic heterocycles. The van der Waals surface area contributed by atoms with E-state index in [-0.39, 0.29) is 6.42 Å². The van der Waals surface area contributed by atoms with Crippen molar-refractivity contribution >= 4 is 23.5 Å². The van der Waals surface area contributed by atoms with Gasteiger partial charge in [-0.2, -0.15) is 0 Å². The van der Waals surface area contributed by atoms with Gasteiger partial charge < -0.3 is 9.84 Å². The predicted molar refractivity (Wildman–Crippen MR) is 106 cm³/mol. The van der Waals surface area contributed by atoms with E-state index in [0.29, 0.717) is 6.42 Å². The summed E-state index contributed by atoms with van der Waals surface area (Å²) >= 11 is 0. The van der Waals surface area contributed by atoms with E-state index in [1.54, 1.807) is 0 Å². The van der Waals surface area contributed by atoms with E-state index in [1.807, 2.05) is 0 Å². The van der Waals surface area contributed by atoms with Crippen molar-refractivity contribution in [1.29, 1.82) is 0 Å². The molecule has 0 atom stereocenters. The first-order chi connectivity index (χ1) is 12.9. The molecular formula is C21H38O6. The average Bonchev–Trinajstić information content (AvgIpc) is 2.66. The minimum Gasteiger partial charge on any atom is -0.476 e. The van der Waals surface area contributed by atoms with E-state index in [2.05, 4.69) is 18.6 Å². The number of hydrogen-bond donors (Lipinski definition) is 1. The first-order valence-electron chi connectivity index (χ1n) is 10.3. The summed E-state index contributed by atoms with van der Waals surface area (Å²) < 4.78 is 4.28. The number of methoxy groups -OCH3 is 1. The number of carbonyl (C=O) groups excluding carboxylic acids is 3. The number of carboxylic acid groups (broad SMARTS) is 1. The number of ketones is 2. The molecule has 0 aromatic carbocycles. The van der Waals surface area contributed by atoms with E-state index >= 15 is 0 Å². The molecule has 0 aliphatic rings. The Morgan fingerprint density at radius 1 is 0.630 bits per heavy atom. The molecule has 1 N–H and O–H groups in total. The van der Waals surface area contributed by atoms with Gasteiger partial charge in [-0.15, -0.1) is 0 Å². The summed E-state index contributed by atoms with van der Waals surface area (Å²) in [6.07, 6.45) is 13.7. The van der Waals surface area contributed by atoms with Gasteiger partial charge in [0.05, 0.1) is 7.11 Å². The second-order valence-corrected chi connectivity index (χ2v) is 6.68. The summed E-state index contributed by atoms with van der Waals surface area (Å²) in [6.45, 7) is 4.29. The van der Waals surface area contributed by atoms with Crippen molar-refractivity contribution in [2.24, 2.45) is 0 Å². The topological polar surface area (TPSA) is 97.7 Å². The normalized spacial score (nSPS) is 9.89. The fraction of sp³-hybridized carbons (Fsp3) is 0.810. The fourth-order valence-corrected chi connectivity index (χ4v) is 2.45. The Balaban J connectivity index is 0. The zero-order valence-corrected chi connectivity index (χ0v) is 17.4. The lowest BCUT2D eigenvalue weighted by Crippen LogP contribution is -2.14. The third-order valence-electron chi connectivity index (χ3n) is 4.17. The monoisotopic (exact) mass is 386 g/mol. The van der Waals surface area contributed by atoms with Crippen LogP contribution < -0.4 is 0 Å². The molecule has 0 aliphatic carbocycles. The molecule has 158 valence electrons. The number of aliphatic carboxylic acids is 1. The number of carbonyl (C=O) groups is 4. The number of rotatable bonds is 16. The fourth-order valence-electron chi connectivity index (χ4n) is 2.45. The third kappa shape index (κ3) is 20.4. The van der Waals surface area contributed by atoms with Crippen molar-refractivity contribution in [2.75, 3.05) is 7.11 Å². The van der Waals surface area contributed by atoms with Crippen LogP contribution in [0.4, 0.5) is 0 Å². The summed E-state index contributed by atoms with van der Waals surface area (Å²) in [5.41, 5.74) is 0. The molecule has 0 radical (unpaired) electrons. The molecule has 0 bridgehead atoms. The first-order valence-corrected chi connectivity index (χ1v) is 10.3. The van der Waals surface area contributed by atoms with Gasteiger partial charge in [0.25, 0.3) is 0 Å². The molecule has 6 heteroatoms. The largest absolute Gasteiger partial charge is 0.476 e. The van der Waals surface area contributed by atoms with Crippen molar-refractivity contribution in [3.8, 4) is 0 Å². The van der Waals surface area contributed by atoms with Crippen LogP contribution in [0.15, 0.2) is 0 Å². The standard InChI is InChI=1S/C12H22O3.C9H16O3/c1-2-3-4-5-6-7-8-9-10-11(13)12(14)15;1-3-4-5-6-7-8(10)9(11)12-2/h2-10H2,1H3,(H,14,15);3-7H2,1-2H3. The van der Waals surface area contributed by atoms with Gasteiger partial charge in [0.2, 0.25) is 11.6 Å². The van der Waals surface area contributed by atoms with Gasteiger partial charge in [-0.1, -0.05) is 78.1 Å². The quantitative estimate of drug-likeness (QED) is 0.231. The highest BCUT2D eigenvalue weighted by atomic mass is 16.5. The molecule has 0 aliphatic heterocycles. The Morgan fingerprint density at radius 2 is 1.00 bits per heavy atom. The Morgan fingerprint density at radius 3 is 1.41 bits per heavy atom. The maximum atomic E-state index is 10.9. The lowest BCUT2D eigenvalue weighted by atomic mass is 10.1. The highest BCUT2D eigenvalue weighted by Crippen LogP contribution is 2.09. The third-order valence-corrected chi connectivity index (χ3v) is 4.17. The number of esters is 1. The van der Waals surface area contributed by atoms with Gasteiger partial charge in [-0.25, -0.2) is 9.59 Å². The highest BCUT2D eigenvalue weighted by molar-refractivity contribution is 6.33. The second-order valence-electron chi connectivity index (χ2n) is 6.68. The molecule has 0 saturated carbocycles. The summed E-state index contributed by atoms with van der Waals surface area (Å²) in [5, 5.41) is 8.33. The molecule has 27 heavy (non-hydrogen) atoms. The predicted octanol–water partition coefficient (Wildman–Crippen LogP) is 4.87. The van der Waals surface area contributed by atoms with Crippen LogP contribution in [0.25, 0.3) is 0 Å². The van der Waals surface area contributed by atoms with Crippen LogP contribution in [0, 0.1) is 0 Å². The van der Waals surface area contributed by atoms with Crippen molar-refractivity contribution in [3.63, 3.8) is 0 Å². The van der Waals surface area contributed by atoms with Crippen LogP contribution in [0.1, 0.15) is 104 Å². The molecule has 6 nitrogen and oxygen atoms in total. The molecule has 0 aromatic rings. The van der Waals surface area contributed by atoms with E-state index in [0.717, 1.165) is 44.9 Å². The smallest absolute Gasteiger partial charge is 0.374 e. The maximum Gasteiger partial charge on any atom is 0.374 e. The van der Waals surface area contributed by atoms with Gasteiger partial charge in [-0.3, -0.25) is 9.59 Å². The zero-order valence-electron chi connectivity index (χ0n) is 17.4. The first kappa shape index (κ1) is 27.5. The van der Waals surface area contributed by atoms with Gasteiger partial charge in [0.1, 0.15) is 0 Å². The van der Waals surface area contributed by atoms with Crippen molar-refractivity contribution < 1.29 is 29.0 Å². The van der Waals surface area contributed by atoms with Gasteiger partial charge in [0, 0.05) is 12.8 Å². The number of ether oxygens (including phenoxy) is 1. The van der Waals surface area contributed by atoms with Crippen LogP contribution >= 0.6 is 0 Å². The van der Waals surface area contributed by atoms with Crippen LogP contribution in [-0.2, 0) is 23.9 Å². The molecule has 0 unspecified atom stereocenters. The van der Waals surface area contributed by atoms with Crippen molar-refractivity contribution in [3.05, 3.63) is 0 Å². The van der Waals surface area contributed by atoms with E-state index in [4.69, 9.17) is 5.11 Å².